The van der Waals surface area contributed by atoms with E-state index in [1.54, 1.807) is 0 Å². The van der Waals surface area contributed by atoms with E-state index in [1.165, 1.54) is 48.5 Å². The number of aliphatic hydroxyl groups is 1. The number of nitrogens with one attached hydrogen (secondary N) is 1. The zero-order chi connectivity index (χ0) is 19.2. The number of aliphatic imine (C=N–C) groups is 1. The maximum Gasteiger partial charge on any atom is 0.573 e. The molecule has 0 amide bonds. The second-order valence-electron chi connectivity index (χ2n) is 5.34. The largest absolute Gasteiger partial charge is 0.573 e. The van der Waals surface area contributed by atoms with Crippen LogP contribution in [0.4, 0.5) is 17.6 Å². The van der Waals surface area contributed by atoms with Gasteiger partial charge >= 0.3 is 6.36 Å². The molecule has 4 N–H and O–H groups in total. The maximum absolute atomic E-state index is 12.8. The van der Waals surface area contributed by atoms with Gasteiger partial charge < -0.3 is 20.9 Å². The number of alkyl halides is 3. The second-order valence-corrected chi connectivity index (χ2v) is 5.34. The first kappa shape index (κ1) is 19.5. The summed E-state index contributed by atoms with van der Waals surface area (Å²) in [7, 11) is 0. The quantitative estimate of drug-likeness (QED) is 0.414. The molecule has 0 fully saturated rings. The van der Waals surface area contributed by atoms with Crippen molar-refractivity contribution in [3.05, 3.63) is 65.5 Å². The minimum atomic E-state index is -4.74. The lowest BCUT2D eigenvalue weighted by molar-refractivity contribution is -0.274. The molecule has 26 heavy (non-hydrogen) atoms. The average molecular weight is 371 g/mol. The highest BCUT2D eigenvalue weighted by Gasteiger charge is 2.30. The molecule has 2 aromatic rings. The van der Waals surface area contributed by atoms with E-state index in [-0.39, 0.29) is 24.8 Å². The van der Waals surface area contributed by atoms with Crippen molar-refractivity contribution in [1.29, 1.82) is 0 Å². The Morgan fingerprint density at radius 1 is 1.12 bits per heavy atom. The summed E-state index contributed by atoms with van der Waals surface area (Å²) in [5.41, 5.74) is 6.83. The summed E-state index contributed by atoms with van der Waals surface area (Å²) in [6.07, 6.45) is -5.64. The number of ether oxygens (including phenoxy) is 1. The Labute approximate surface area is 147 Å². The van der Waals surface area contributed by atoms with Gasteiger partial charge in [-0.15, -0.1) is 13.2 Å². The van der Waals surface area contributed by atoms with E-state index >= 15 is 0 Å². The number of guanidine groups is 1. The number of hydrogen-bond acceptors (Lipinski definition) is 3. The van der Waals surface area contributed by atoms with E-state index in [0.29, 0.717) is 11.1 Å². The average Bonchev–Trinajstić information content (AvgIpc) is 2.58. The molecule has 1 atom stereocenters. The number of halogens is 4. The highest BCUT2D eigenvalue weighted by molar-refractivity contribution is 5.77. The highest BCUT2D eigenvalue weighted by Crippen LogP contribution is 2.22. The third-order valence-electron chi connectivity index (χ3n) is 3.32. The van der Waals surface area contributed by atoms with E-state index in [4.69, 9.17) is 5.73 Å². The number of nitrogens with two attached hydrogens (primary N) is 1. The third kappa shape index (κ3) is 6.60. The molecule has 2 aromatic carbocycles. The third-order valence-corrected chi connectivity index (χ3v) is 3.32. The SMILES string of the molecule is NC(=NCc1ccc(OC(F)(F)F)cc1)NCC(O)c1ccc(F)cc1. The molecule has 1 unspecified atom stereocenters. The Morgan fingerprint density at radius 2 is 1.73 bits per heavy atom. The van der Waals surface area contributed by atoms with Gasteiger partial charge in [0.2, 0.25) is 0 Å². The Kier molecular flexibility index (Phi) is 6.40. The molecule has 0 bridgehead atoms. The molecule has 0 saturated heterocycles. The van der Waals surface area contributed by atoms with Gasteiger partial charge in [0.15, 0.2) is 5.96 Å². The Morgan fingerprint density at radius 3 is 2.31 bits per heavy atom. The number of rotatable bonds is 6. The molecule has 0 aliphatic rings. The fraction of sp³-hybridized carbons (Fsp3) is 0.235. The molecule has 0 heterocycles. The number of hydrogen-bond donors (Lipinski definition) is 3. The lowest BCUT2D eigenvalue weighted by Crippen LogP contribution is -2.34. The summed E-state index contributed by atoms with van der Waals surface area (Å²) in [6, 6.07) is 10.6. The molecule has 0 radical (unpaired) electrons. The van der Waals surface area contributed by atoms with Gasteiger partial charge in [0.1, 0.15) is 11.6 Å². The van der Waals surface area contributed by atoms with Crippen molar-refractivity contribution in [3.63, 3.8) is 0 Å². The zero-order valence-corrected chi connectivity index (χ0v) is 13.5. The smallest absolute Gasteiger partial charge is 0.406 e. The molecule has 2 rings (SSSR count). The highest BCUT2D eigenvalue weighted by atomic mass is 19.4. The second kappa shape index (κ2) is 8.52. The van der Waals surface area contributed by atoms with E-state index in [2.05, 4.69) is 15.0 Å². The first-order valence-corrected chi connectivity index (χ1v) is 7.55. The summed E-state index contributed by atoms with van der Waals surface area (Å²) >= 11 is 0. The Hall–Kier alpha value is -2.81. The summed E-state index contributed by atoms with van der Waals surface area (Å²) in [5.74, 6) is -0.665. The summed E-state index contributed by atoms with van der Waals surface area (Å²) in [6.45, 7) is 0.205. The fourth-order valence-electron chi connectivity index (χ4n) is 2.03. The van der Waals surface area contributed by atoms with Crippen LogP contribution in [0.25, 0.3) is 0 Å². The molecule has 0 aliphatic heterocycles. The summed E-state index contributed by atoms with van der Waals surface area (Å²) in [4.78, 5) is 4.03. The minimum absolute atomic E-state index is 0.0572. The van der Waals surface area contributed by atoms with Gasteiger partial charge in [-0.2, -0.15) is 0 Å². The van der Waals surface area contributed by atoms with Gasteiger partial charge in [-0.1, -0.05) is 24.3 Å². The van der Waals surface area contributed by atoms with Crippen LogP contribution in [0.3, 0.4) is 0 Å². The van der Waals surface area contributed by atoms with Crippen LogP contribution in [-0.4, -0.2) is 24.0 Å². The number of benzene rings is 2. The topological polar surface area (TPSA) is 79.9 Å². The lowest BCUT2D eigenvalue weighted by Gasteiger charge is -2.12. The van der Waals surface area contributed by atoms with Crippen molar-refractivity contribution >= 4 is 5.96 Å². The van der Waals surface area contributed by atoms with Gasteiger partial charge in [0.25, 0.3) is 0 Å². The van der Waals surface area contributed by atoms with Crippen LogP contribution in [0.15, 0.2) is 53.5 Å². The standard InChI is InChI=1S/C17H17F4N3O2/c18-13-5-3-12(4-6-13)15(25)10-24-16(22)23-9-11-1-7-14(8-2-11)26-17(19,20)21/h1-8,15,25H,9-10H2,(H3,22,23,24). The van der Waals surface area contributed by atoms with Crippen LogP contribution in [-0.2, 0) is 6.54 Å². The molecule has 0 aromatic heterocycles. The Bertz CT molecular complexity index is 731. The van der Waals surface area contributed by atoms with Crippen molar-refractivity contribution in [2.75, 3.05) is 6.54 Å². The lowest BCUT2D eigenvalue weighted by atomic mass is 10.1. The first-order chi connectivity index (χ1) is 12.2. The molecular formula is C17H17F4N3O2. The van der Waals surface area contributed by atoms with Crippen LogP contribution in [0.2, 0.25) is 0 Å². The van der Waals surface area contributed by atoms with E-state index < -0.39 is 18.3 Å². The number of aliphatic hydroxyl groups excluding tert-OH is 1. The predicted molar refractivity (Wildman–Crippen MR) is 87.8 cm³/mol. The fourth-order valence-corrected chi connectivity index (χ4v) is 2.03. The van der Waals surface area contributed by atoms with Crippen LogP contribution < -0.4 is 15.8 Å². The molecule has 5 nitrogen and oxygen atoms in total. The minimum Gasteiger partial charge on any atom is -0.406 e. The molecule has 140 valence electrons. The molecule has 0 aliphatic carbocycles. The van der Waals surface area contributed by atoms with Crippen LogP contribution in [0.1, 0.15) is 17.2 Å². The predicted octanol–water partition coefficient (Wildman–Crippen LogP) is 2.86. The van der Waals surface area contributed by atoms with Crippen LogP contribution in [0.5, 0.6) is 5.75 Å². The normalized spacial score (nSPS) is 13.3. The molecule has 9 heteroatoms. The molecule has 0 spiro atoms. The maximum atomic E-state index is 12.8. The van der Waals surface area contributed by atoms with Crippen molar-refractivity contribution in [2.45, 2.75) is 19.0 Å². The zero-order valence-electron chi connectivity index (χ0n) is 13.5. The van der Waals surface area contributed by atoms with Crippen molar-refractivity contribution < 1.29 is 27.4 Å². The van der Waals surface area contributed by atoms with E-state index in [1.807, 2.05) is 0 Å². The van der Waals surface area contributed by atoms with Crippen molar-refractivity contribution in [3.8, 4) is 5.75 Å². The van der Waals surface area contributed by atoms with Crippen molar-refractivity contribution in [1.82, 2.24) is 5.32 Å². The van der Waals surface area contributed by atoms with Gasteiger partial charge in [-0.25, -0.2) is 9.38 Å². The van der Waals surface area contributed by atoms with E-state index in [9.17, 15) is 22.7 Å². The van der Waals surface area contributed by atoms with E-state index in [0.717, 1.165) is 0 Å². The first-order valence-electron chi connectivity index (χ1n) is 7.55. The van der Waals surface area contributed by atoms with Gasteiger partial charge in [-0.05, 0) is 35.4 Å². The van der Waals surface area contributed by atoms with Gasteiger partial charge in [0.05, 0.1) is 12.6 Å². The van der Waals surface area contributed by atoms with Crippen LogP contribution in [0, 0.1) is 5.82 Å². The number of nitrogens with zero attached hydrogens (tertiary/aromatic N) is 1. The van der Waals surface area contributed by atoms with Crippen LogP contribution >= 0.6 is 0 Å². The summed E-state index contributed by atoms with van der Waals surface area (Å²) < 4.78 is 52.8. The monoisotopic (exact) mass is 371 g/mol. The van der Waals surface area contributed by atoms with Crippen molar-refractivity contribution in [2.24, 2.45) is 10.7 Å². The molecule has 0 saturated carbocycles. The Balaban J connectivity index is 1.83. The van der Waals surface area contributed by atoms with Gasteiger partial charge in [-0.3, -0.25) is 0 Å². The summed E-state index contributed by atoms with van der Waals surface area (Å²) in [5, 5.41) is 12.7. The molecular weight excluding hydrogens is 354 g/mol. The van der Waals surface area contributed by atoms with Gasteiger partial charge in [0, 0.05) is 6.54 Å².